The largest absolute Gasteiger partial charge is 0.465 e. The lowest BCUT2D eigenvalue weighted by Gasteiger charge is -2.30. The summed E-state index contributed by atoms with van der Waals surface area (Å²) < 4.78 is 57.2. The van der Waals surface area contributed by atoms with E-state index >= 15 is 0 Å². The number of methoxy groups -OCH3 is 1. The molecule has 0 saturated carbocycles. The highest BCUT2D eigenvalue weighted by Gasteiger charge is 2.39. The summed E-state index contributed by atoms with van der Waals surface area (Å²) in [7, 11) is -6.04. The molecular formula is C19H30N2O6S2. The van der Waals surface area contributed by atoms with Crippen LogP contribution in [0.5, 0.6) is 0 Å². The third kappa shape index (κ3) is 5.56. The van der Waals surface area contributed by atoms with Gasteiger partial charge in [0.25, 0.3) is 0 Å². The molecule has 0 aromatic heterocycles. The van der Waals surface area contributed by atoms with Crippen molar-refractivity contribution in [2.75, 3.05) is 44.8 Å². The summed E-state index contributed by atoms with van der Waals surface area (Å²) in [6.45, 7) is 7.86. The van der Waals surface area contributed by atoms with Gasteiger partial charge in [-0.15, -0.1) is 0 Å². The van der Waals surface area contributed by atoms with Crippen molar-refractivity contribution in [1.29, 1.82) is 0 Å². The molecule has 1 heterocycles. The van der Waals surface area contributed by atoms with Gasteiger partial charge in [0.2, 0.25) is 10.0 Å². The quantitative estimate of drug-likeness (QED) is 0.527. The van der Waals surface area contributed by atoms with Gasteiger partial charge in [-0.25, -0.2) is 21.6 Å². The topological polar surface area (TPSA) is 101 Å². The first-order valence-electron chi connectivity index (χ1n) is 9.69. The Hall–Kier alpha value is -1.49. The average molecular weight is 447 g/mol. The third-order valence-corrected chi connectivity index (χ3v) is 9.19. The molecule has 8 nitrogen and oxygen atoms in total. The molecule has 2 rings (SSSR count). The summed E-state index contributed by atoms with van der Waals surface area (Å²) in [5.74, 6) is -0.823. The maximum atomic E-state index is 13.6. The number of nitrogens with zero attached hydrogens (tertiary/aromatic N) is 2. The molecule has 0 unspecified atom stereocenters. The van der Waals surface area contributed by atoms with Crippen LogP contribution in [0.1, 0.15) is 36.2 Å². The van der Waals surface area contributed by atoms with Gasteiger partial charge in [-0.2, -0.15) is 4.31 Å². The average Bonchev–Trinajstić information content (AvgIpc) is 3.03. The number of carbonyl (C=O) groups excluding carboxylic acids is 1. The monoisotopic (exact) mass is 446 g/mol. The molecule has 0 spiro atoms. The van der Waals surface area contributed by atoms with Gasteiger partial charge >= 0.3 is 5.97 Å². The number of rotatable bonds is 9. The summed E-state index contributed by atoms with van der Waals surface area (Å²) in [6, 6.07) is 3.78. The molecule has 1 saturated heterocycles. The van der Waals surface area contributed by atoms with Crippen LogP contribution in [-0.4, -0.2) is 82.8 Å². The Morgan fingerprint density at radius 3 is 2.38 bits per heavy atom. The van der Waals surface area contributed by atoms with Crippen molar-refractivity contribution in [3.8, 4) is 0 Å². The van der Waals surface area contributed by atoms with E-state index < -0.39 is 31.9 Å². The molecule has 10 heteroatoms. The Morgan fingerprint density at radius 1 is 1.21 bits per heavy atom. The Kier molecular flexibility index (Phi) is 7.83. The molecule has 0 N–H and O–H groups in total. The number of carbonyl (C=O) groups is 1. The molecule has 0 bridgehead atoms. The first-order valence-corrected chi connectivity index (χ1v) is 13.0. The van der Waals surface area contributed by atoms with Crippen molar-refractivity contribution < 1.29 is 26.4 Å². The van der Waals surface area contributed by atoms with Crippen LogP contribution >= 0.6 is 0 Å². The highest BCUT2D eigenvalue weighted by Crippen LogP contribution is 2.27. The van der Waals surface area contributed by atoms with E-state index in [1.165, 1.54) is 23.5 Å². The fraction of sp³-hybridized carbons (Fsp3) is 0.632. The molecule has 1 aliphatic rings. The Bertz CT molecular complexity index is 939. The molecule has 164 valence electrons. The van der Waals surface area contributed by atoms with Crippen LogP contribution in [0, 0.1) is 6.92 Å². The number of benzene rings is 1. The molecule has 1 aromatic rings. The SMILES string of the molecule is CCN(CC)CCN([C@H]1CCS(=O)(=O)C1)S(=O)(=O)c1cc(C(=O)OC)ccc1C. The van der Waals surface area contributed by atoms with E-state index in [1.54, 1.807) is 13.0 Å². The van der Waals surface area contributed by atoms with Crippen molar-refractivity contribution in [3.63, 3.8) is 0 Å². The highest BCUT2D eigenvalue weighted by atomic mass is 32.2. The number of hydrogen-bond donors (Lipinski definition) is 0. The van der Waals surface area contributed by atoms with E-state index in [0.717, 1.165) is 13.1 Å². The first-order chi connectivity index (χ1) is 13.6. The molecule has 1 atom stereocenters. The second kappa shape index (κ2) is 9.55. The maximum absolute atomic E-state index is 13.6. The van der Waals surface area contributed by atoms with Gasteiger partial charge in [-0.05, 0) is 44.1 Å². The Balaban J connectivity index is 2.46. The normalized spacial score (nSPS) is 19.0. The number of aryl methyl sites for hydroxylation is 1. The molecule has 1 fully saturated rings. The summed E-state index contributed by atoms with van der Waals surface area (Å²) >= 11 is 0. The van der Waals surface area contributed by atoms with Gasteiger partial charge in [0, 0.05) is 19.1 Å². The van der Waals surface area contributed by atoms with Crippen LogP contribution in [0.3, 0.4) is 0 Å². The van der Waals surface area contributed by atoms with E-state index in [2.05, 4.69) is 4.90 Å². The summed E-state index contributed by atoms with van der Waals surface area (Å²) in [5, 5.41) is 0. The standard InChI is InChI=1S/C19H30N2O6S2/c1-5-20(6-2)10-11-21(17-9-12-28(23,24)14-17)29(25,26)18-13-16(19(22)27-4)8-7-15(18)3/h7-8,13,17H,5-6,9-12,14H2,1-4H3/t17-/m0/s1. The van der Waals surface area contributed by atoms with Crippen LogP contribution < -0.4 is 0 Å². The Labute approximate surface area is 173 Å². The van der Waals surface area contributed by atoms with Crippen LogP contribution in [0.2, 0.25) is 0 Å². The number of sulfonamides is 1. The van der Waals surface area contributed by atoms with Gasteiger partial charge in [0.1, 0.15) is 0 Å². The van der Waals surface area contributed by atoms with Crippen molar-refractivity contribution in [2.45, 2.75) is 38.1 Å². The van der Waals surface area contributed by atoms with Crippen LogP contribution in [-0.2, 0) is 24.6 Å². The minimum Gasteiger partial charge on any atom is -0.465 e. The van der Waals surface area contributed by atoms with Crippen molar-refractivity contribution >= 4 is 25.8 Å². The number of sulfone groups is 1. The summed E-state index contributed by atoms with van der Waals surface area (Å²) in [4.78, 5) is 14.0. The smallest absolute Gasteiger partial charge is 0.337 e. The fourth-order valence-corrected chi connectivity index (χ4v) is 7.25. The predicted octanol–water partition coefficient (Wildman–Crippen LogP) is 1.30. The summed E-state index contributed by atoms with van der Waals surface area (Å²) in [6.07, 6.45) is 0.273. The zero-order valence-electron chi connectivity index (χ0n) is 17.4. The molecular weight excluding hydrogens is 416 g/mol. The van der Waals surface area contributed by atoms with Gasteiger partial charge in [0.15, 0.2) is 9.84 Å². The fourth-order valence-electron chi connectivity index (χ4n) is 3.53. The minimum atomic E-state index is -4.01. The lowest BCUT2D eigenvalue weighted by atomic mass is 10.1. The van der Waals surface area contributed by atoms with Crippen LogP contribution in [0.25, 0.3) is 0 Å². The lowest BCUT2D eigenvalue weighted by Crippen LogP contribution is -2.45. The second-order valence-electron chi connectivity index (χ2n) is 7.17. The number of esters is 1. The lowest BCUT2D eigenvalue weighted by molar-refractivity contribution is 0.0600. The third-order valence-electron chi connectivity index (χ3n) is 5.34. The Morgan fingerprint density at radius 2 is 1.86 bits per heavy atom. The summed E-state index contributed by atoms with van der Waals surface area (Å²) in [5.41, 5.74) is 0.630. The van der Waals surface area contributed by atoms with E-state index in [4.69, 9.17) is 4.74 Å². The van der Waals surface area contributed by atoms with Crippen molar-refractivity contribution in [3.05, 3.63) is 29.3 Å². The van der Waals surface area contributed by atoms with Gasteiger partial charge in [0.05, 0.1) is 29.1 Å². The van der Waals surface area contributed by atoms with Crippen molar-refractivity contribution in [1.82, 2.24) is 9.21 Å². The predicted molar refractivity (Wildman–Crippen MR) is 111 cm³/mol. The zero-order valence-corrected chi connectivity index (χ0v) is 19.1. The van der Waals surface area contributed by atoms with E-state index in [9.17, 15) is 21.6 Å². The van der Waals surface area contributed by atoms with E-state index in [-0.39, 0.29) is 34.9 Å². The highest BCUT2D eigenvalue weighted by molar-refractivity contribution is 7.92. The van der Waals surface area contributed by atoms with E-state index in [0.29, 0.717) is 12.1 Å². The van der Waals surface area contributed by atoms with Crippen molar-refractivity contribution in [2.24, 2.45) is 0 Å². The van der Waals surface area contributed by atoms with Gasteiger partial charge < -0.3 is 9.64 Å². The number of likely N-dealkylation sites (N-methyl/N-ethyl adjacent to an activating group) is 1. The minimum absolute atomic E-state index is 0.00393. The first kappa shape index (κ1) is 23.8. The number of hydrogen-bond acceptors (Lipinski definition) is 7. The molecule has 0 amide bonds. The molecule has 0 radical (unpaired) electrons. The second-order valence-corrected chi connectivity index (χ2v) is 11.3. The molecule has 0 aliphatic carbocycles. The maximum Gasteiger partial charge on any atom is 0.337 e. The van der Waals surface area contributed by atoms with Gasteiger partial charge in [-0.1, -0.05) is 19.9 Å². The van der Waals surface area contributed by atoms with Crippen LogP contribution in [0.4, 0.5) is 0 Å². The van der Waals surface area contributed by atoms with E-state index in [1.807, 2.05) is 13.8 Å². The van der Waals surface area contributed by atoms with Crippen LogP contribution in [0.15, 0.2) is 23.1 Å². The molecule has 1 aliphatic heterocycles. The zero-order chi connectivity index (χ0) is 21.8. The number of ether oxygens (including phenoxy) is 1. The molecule has 29 heavy (non-hydrogen) atoms. The molecule has 1 aromatic carbocycles. The van der Waals surface area contributed by atoms with Gasteiger partial charge in [-0.3, -0.25) is 0 Å².